The Balaban J connectivity index is 2.07. The molecule has 1 aromatic heterocycles. The van der Waals surface area contributed by atoms with E-state index in [-0.39, 0.29) is 5.92 Å². The molecule has 1 unspecified atom stereocenters. The van der Waals surface area contributed by atoms with Crippen molar-refractivity contribution in [2.24, 2.45) is 5.92 Å². The number of rotatable bonds is 3. The van der Waals surface area contributed by atoms with E-state index in [4.69, 9.17) is 0 Å². The summed E-state index contributed by atoms with van der Waals surface area (Å²) in [5.41, 5.74) is 1.28. The number of anilines is 1. The molecule has 88 valence electrons. The van der Waals surface area contributed by atoms with E-state index in [1.165, 1.54) is 17.0 Å². The quantitative estimate of drug-likeness (QED) is 0.805. The van der Waals surface area contributed by atoms with Crippen molar-refractivity contribution in [1.82, 2.24) is 0 Å². The van der Waals surface area contributed by atoms with E-state index in [0.29, 0.717) is 5.78 Å². The largest absolute Gasteiger partial charge is 0.377 e. The van der Waals surface area contributed by atoms with Gasteiger partial charge in [0, 0.05) is 31.3 Å². The number of carbonyl (C=O) groups is 1. The number of carbonyl (C=O) groups excluding carboxylic acids is 1. The Labute approximate surface area is 101 Å². The zero-order valence-electron chi connectivity index (χ0n) is 10.0. The third kappa shape index (κ3) is 2.46. The van der Waals surface area contributed by atoms with Crippen LogP contribution in [0.5, 0.6) is 0 Å². The maximum atomic E-state index is 11.8. The van der Waals surface area contributed by atoms with Crippen LogP contribution in [0, 0.1) is 5.92 Å². The summed E-state index contributed by atoms with van der Waals surface area (Å²) in [4.78, 5) is 15.3. The Morgan fingerprint density at radius 2 is 2.25 bits per heavy atom. The van der Waals surface area contributed by atoms with Gasteiger partial charge in [-0.15, -0.1) is 11.3 Å². The van der Waals surface area contributed by atoms with Gasteiger partial charge in [0.05, 0.1) is 5.69 Å². The van der Waals surface area contributed by atoms with Crippen LogP contribution in [0.2, 0.25) is 0 Å². The SMILES string of the molecule is CN(C)c1ccsc1CC1CCCCC1=O. The van der Waals surface area contributed by atoms with Crippen molar-refractivity contribution in [2.45, 2.75) is 32.1 Å². The van der Waals surface area contributed by atoms with Crippen molar-refractivity contribution < 1.29 is 4.79 Å². The molecular formula is C13H19NOS. The summed E-state index contributed by atoms with van der Waals surface area (Å²) in [5.74, 6) is 0.760. The fraction of sp³-hybridized carbons (Fsp3) is 0.615. The molecule has 2 rings (SSSR count). The van der Waals surface area contributed by atoms with Gasteiger partial charge in [-0.2, -0.15) is 0 Å². The van der Waals surface area contributed by atoms with Gasteiger partial charge in [-0.1, -0.05) is 6.42 Å². The molecule has 2 nitrogen and oxygen atoms in total. The lowest BCUT2D eigenvalue weighted by Crippen LogP contribution is -2.21. The lowest BCUT2D eigenvalue weighted by Gasteiger charge is -2.21. The van der Waals surface area contributed by atoms with E-state index in [0.717, 1.165) is 25.7 Å². The van der Waals surface area contributed by atoms with Crippen LogP contribution >= 0.6 is 11.3 Å². The summed E-state index contributed by atoms with van der Waals surface area (Å²) in [5, 5.41) is 2.12. The van der Waals surface area contributed by atoms with Crippen molar-refractivity contribution in [2.75, 3.05) is 19.0 Å². The van der Waals surface area contributed by atoms with Gasteiger partial charge >= 0.3 is 0 Å². The predicted molar refractivity (Wildman–Crippen MR) is 69.3 cm³/mol. The van der Waals surface area contributed by atoms with E-state index in [1.54, 1.807) is 11.3 Å². The van der Waals surface area contributed by atoms with Crippen LogP contribution in [-0.2, 0) is 11.2 Å². The summed E-state index contributed by atoms with van der Waals surface area (Å²) in [6.45, 7) is 0. The lowest BCUT2D eigenvalue weighted by molar-refractivity contribution is -0.124. The number of nitrogens with zero attached hydrogens (tertiary/aromatic N) is 1. The van der Waals surface area contributed by atoms with Gasteiger partial charge in [-0.25, -0.2) is 0 Å². The van der Waals surface area contributed by atoms with E-state index in [9.17, 15) is 4.79 Å². The Bertz CT molecular complexity index is 370. The monoisotopic (exact) mass is 237 g/mol. The zero-order chi connectivity index (χ0) is 11.5. The smallest absolute Gasteiger partial charge is 0.136 e. The number of hydrogen-bond acceptors (Lipinski definition) is 3. The standard InChI is InChI=1S/C13H19NOS/c1-14(2)11-7-8-16-13(11)9-10-5-3-4-6-12(10)15/h7-8,10H,3-6,9H2,1-2H3. The van der Waals surface area contributed by atoms with Crippen molar-refractivity contribution in [3.05, 3.63) is 16.3 Å². The normalized spacial score (nSPS) is 21.1. The summed E-state index contributed by atoms with van der Waals surface area (Å²) >= 11 is 1.78. The minimum absolute atomic E-state index is 0.283. The molecule has 1 saturated carbocycles. The highest BCUT2D eigenvalue weighted by Gasteiger charge is 2.23. The maximum Gasteiger partial charge on any atom is 0.136 e. The van der Waals surface area contributed by atoms with Crippen LogP contribution in [0.3, 0.4) is 0 Å². The first-order valence-electron chi connectivity index (χ1n) is 5.95. The minimum atomic E-state index is 0.283. The van der Waals surface area contributed by atoms with E-state index < -0.39 is 0 Å². The molecule has 1 aliphatic rings. The topological polar surface area (TPSA) is 20.3 Å². The summed E-state index contributed by atoms with van der Waals surface area (Å²) in [6, 6.07) is 2.15. The Morgan fingerprint density at radius 3 is 2.94 bits per heavy atom. The van der Waals surface area contributed by atoms with Gasteiger partial charge in [-0.3, -0.25) is 4.79 Å². The summed E-state index contributed by atoms with van der Waals surface area (Å²) < 4.78 is 0. The first-order valence-corrected chi connectivity index (χ1v) is 6.83. The van der Waals surface area contributed by atoms with Gasteiger partial charge in [0.15, 0.2) is 0 Å². The third-order valence-corrected chi connectivity index (χ3v) is 4.25. The minimum Gasteiger partial charge on any atom is -0.377 e. The second-order valence-electron chi connectivity index (χ2n) is 4.74. The van der Waals surface area contributed by atoms with Crippen LogP contribution in [0.4, 0.5) is 5.69 Å². The average molecular weight is 237 g/mol. The van der Waals surface area contributed by atoms with Gasteiger partial charge in [0.25, 0.3) is 0 Å². The fourth-order valence-electron chi connectivity index (χ4n) is 2.38. The molecular weight excluding hydrogens is 218 g/mol. The maximum absolute atomic E-state index is 11.8. The number of Topliss-reactive ketones (excluding diaryl/α,β-unsaturated/α-hetero) is 1. The second-order valence-corrected chi connectivity index (χ2v) is 5.74. The summed E-state index contributed by atoms with van der Waals surface area (Å²) in [7, 11) is 4.13. The van der Waals surface area contributed by atoms with Crippen molar-refractivity contribution in [3.8, 4) is 0 Å². The van der Waals surface area contributed by atoms with E-state index in [1.807, 2.05) is 0 Å². The third-order valence-electron chi connectivity index (χ3n) is 3.32. The van der Waals surface area contributed by atoms with Crippen LogP contribution < -0.4 is 4.90 Å². The molecule has 16 heavy (non-hydrogen) atoms. The molecule has 0 N–H and O–H groups in total. The molecule has 1 heterocycles. The van der Waals surface area contributed by atoms with E-state index in [2.05, 4.69) is 30.4 Å². The van der Waals surface area contributed by atoms with E-state index >= 15 is 0 Å². The first-order chi connectivity index (χ1) is 7.68. The van der Waals surface area contributed by atoms with Gasteiger partial charge in [-0.05, 0) is 30.7 Å². The van der Waals surface area contributed by atoms with Crippen molar-refractivity contribution in [1.29, 1.82) is 0 Å². The number of thiophene rings is 1. The molecule has 1 aromatic rings. The second kappa shape index (κ2) is 5.00. The average Bonchev–Trinajstić information content (AvgIpc) is 2.69. The highest BCUT2D eigenvalue weighted by molar-refractivity contribution is 7.10. The van der Waals surface area contributed by atoms with Gasteiger partial charge in [0.1, 0.15) is 5.78 Å². The van der Waals surface area contributed by atoms with Crippen molar-refractivity contribution >= 4 is 22.8 Å². The van der Waals surface area contributed by atoms with Crippen LogP contribution in [0.25, 0.3) is 0 Å². The molecule has 0 aromatic carbocycles. The molecule has 0 bridgehead atoms. The van der Waals surface area contributed by atoms with Crippen LogP contribution in [0.1, 0.15) is 30.6 Å². The highest BCUT2D eigenvalue weighted by atomic mass is 32.1. The van der Waals surface area contributed by atoms with Crippen LogP contribution in [0.15, 0.2) is 11.4 Å². The zero-order valence-corrected chi connectivity index (χ0v) is 10.8. The highest BCUT2D eigenvalue weighted by Crippen LogP contribution is 2.31. The molecule has 0 radical (unpaired) electrons. The van der Waals surface area contributed by atoms with Crippen LogP contribution in [-0.4, -0.2) is 19.9 Å². The molecule has 3 heteroatoms. The molecule has 0 amide bonds. The number of ketones is 1. The lowest BCUT2D eigenvalue weighted by atomic mass is 9.85. The van der Waals surface area contributed by atoms with Gasteiger partial charge < -0.3 is 4.90 Å². The molecule has 1 aliphatic carbocycles. The predicted octanol–water partition coefficient (Wildman–Crippen LogP) is 3.12. The fourth-order valence-corrected chi connectivity index (χ4v) is 3.41. The Kier molecular flexibility index (Phi) is 3.64. The molecule has 1 atom stereocenters. The Hall–Kier alpha value is -0.830. The molecule has 0 spiro atoms. The van der Waals surface area contributed by atoms with Gasteiger partial charge in [0.2, 0.25) is 0 Å². The number of hydrogen-bond donors (Lipinski definition) is 0. The summed E-state index contributed by atoms with van der Waals surface area (Å²) in [6.07, 6.45) is 5.15. The first kappa shape index (κ1) is 11.6. The molecule has 0 aliphatic heterocycles. The molecule has 1 fully saturated rings. The molecule has 0 saturated heterocycles. The van der Waals surface area contributed by atoms with Crippen molar-refractivity contribution in [3.63, 3.8) is 0 Å². The Morgan fingerprint density at radius 1 is 1.44 bits per heavy atom.